The number of hydrogen-bond donors (Lipinski definition) is 0. The maximum Gasteiger partial charge on any atom is 0.107 e. The van der Waals surface area contributed by atoms with Gasteiger partial charge in [0.2, 0.25) is 0 Å². The third kappa shape index (κ3) is 3.45. The van der Waals surface area contributed by atoms with Crippen LogP contribution < -0.4 is 0 Å². The van der Waals surface area contributed by atoms with Crippen LogP contribution in [0.3, 0.4) is 0 Å². The van der Waals surface area contributed by atoms with Crippen molar-refractivity contribution >= 4 is 11.3 Å². The Morgan fingerprint density at radius 3 is 3.17 bits per heavy atom. The van der Waals surface area contributed by atoms with Gasteiger partial charge in [-0.05, 0) is 24.5 Å². The SMILES string of the molecule is c1cncc(CO[C@H]2[C@H]3CC[C@H]2OCCN3Cc2nccs2)c1. The molecule has 4 rings (SSSR count). The minimum atomic E-state index is 0.137. The van der Waals surface area contributed by atoms with E-state index < -0.39 is 0 Å². The van der Waals surface area contributed by atoms with Crippen LogP contribution in [0.25, 0.3) is 0 Å². The van der Waals surface area contributed by atoms with E-state index in [1.54, 1.807) is 17.5 Å². The Labute approximate surface area is 140 Å². The molecule has 0 aromatic carbocycles. The minimum absolute atomic E-state index is 0.137. The smallest absolute Gasteiger partial charge is 0.107 e. The molecule has 3 heterocycles. The third-order valence-corrected chi connectivity index (χ3v) is 5.42. The maximum atomic E-state index is 6.26. The predicted octanol–water partition coefficient (Wildman–Crippen LogP) is 2.49. The summed E-state index contributed by atoms with van der Waals surface area (Å²) >= 11 is 1.72. The summed E-state index contributed by atoms with van der Waals surface area (Å²) in [6, 6.07) is 4.42. The van der Waals surface area contributed by atoms with Crippen LogP contribution in [0.5, 0.6) is 0 Å². The van der Waals surface area contributed by atoms with Crippen LogP contribution in [0.2, 0.25) is 0 Å². The van der Waals surface area contributed by atoms with E-state index in [9.17, 15) is 0 Å². The van der Waals surface area contributed by atoms with Gasteiger partial charge in [-0.25, -0.2) is 4.98 Å². The van der Waals surface area contributed by atoms with E-state index >= 15 is 0 Å². The molecule has 2 bridgehead atoms. The van der Waals surface area contributed by atoms with Gasteiger partial charge in [-0.15, -0.1) is 11.3 Å². The molecule has 1 aliphatic carbocycles. The van der Waals surface area contributed by atoms with Gasteiger partial charge >= 0.3 is 0 Å². The molecule has 1 saturated carbocycles. The van der Waals surface area contributed by atoms with Crippen molar-refractivity contribution in [3.8, 4) is 0 Å². The molecule has 23 heavy (non-hydrogen) atoms. The van der Waals surface area contributed by atoms with Crippen molar-refractivity contribution in [3.63, 3.8) is 0 Å². The van der Waals surface area contributed by atoms with E-state index in [4.69, 9.17) is 9.47 Å². The Bertz CT molecular complexity index is 608. The summed E-state index contributed by atoms with van der Waals surface area (Å²) < 4.78 is 12.3. The van der Waals surface area contributed by atoms with Crippen LogP contribution in [-0.4, -0.2) is 46.3 Å². The van der Waals surface area contributed by atoms with E-state index in [-0.39, 0.29) is 12.2 Å². The number of thiazole rings is 1. The minimum Gasteiger partial charge on any atom is -0.374 e. The van der Waals surface area contributed by atoms with Crippen LogP contribution in [-0.2, 0) is 22.6 Å². The quantitative estimate of drug-likeness (QED) is 0.842. The fraction of sp³-hybridized carbons (Fsp3) is 0.529. The second-order valence-electron chi connectivity index (χ2n) is 6.09. The Morgan fingerprint density at radius 2 is 2.35 bits per heavy atom. The third-order valence-electron chi connectivity index (χ3n) is 4.66. The largest absolute Gasteiger partial charge is 0.374 e. The Hall–Kier alpha value is -1.34. The van der Waals surface area contributed by atoms with Gasteiger partial charge in [-0.3, -0.25) is 9.88 Å². The first-order valence-corrected chi connectivity index (χ1v) is 9.02. The van der Waals surface area contributed by atoms with Gasteiger partial charge in [0.1, 0.15) is 5.01 Å². The normalized spacial score (nSPS) is 27.9. The van der Waals surface area contributed by atoms with Gasteiger partial charge in [-0.1, -0.05) is 6.07 Å². The Balaban J connectivity index is 1.45. The van der Waals surface area contributed by atoms with E-state index in [0.29, 0.717) is 12.6 Å². The van der Waals surface area contributed by atoms with Crippen molar-refractivity contribution in [2.75, 3.05) is 13.2 Å². The van der Waals surface area contributed by atoms with Gasteiger partial charge in [0.25, 0.3) is 0 Å². The highest BCUT2D eigenvalue weighted by Gasteiger charge is 2.43. The predicted molar refractivity (Wildman–Crippen MR) is 88.1 cm³/mol. The number of rotatable bonds is 5. The van der Waals surface area contributed by atoms with Crippen LogP contribution in [0.15, 0.2) is 36.1 Å². The summed E-state index contributed by atoms with van der Waals surface area (Å²) in [5.74, 6) is 0. The monoisotopic (exact) mass is 331 g/mol. The van der Waals surface area contributed by atoms with Crippen molar-refractivity contribution in [2.45, 2.75) is 44.2 Å². The summed E-state index contributed by atoms with van der Waals surface area (Å²) in [6.07, 6.45) is 8.10. The van der Waals surface area contributed by atoms with Crippen LogP contribution in [0, 0.1) is 0 Å². The second kappa shape index (κ2) is 7.05. The molecule has 0 amide bonds. The standard InChI is InChI=1S/C17H21N3O2S/c1-2-13(10-18-5-1)12-22-17-14-3-4-15(17)21-8-7-20(14)11-16-19-6-9-23-16/h1-2,5-6,9-10,14-15,17H,3-4,7-8,11-12H2/t14-,15-,17+/m1/s1. The van der Waals surface area contributed by atoms with Crippen molar-refractivity contribution in [1.29, 1.82) is 0 Å². The van der Waals surface area contributed by atoms with Crippen molar-refractivity contribution < 1.29 is 9.47 Å². The molecule has 6 heteroatoms. The van der Waals surface area contributed by atoms with Gasteiger partial charge < -0.3 is 9.47 Å². The fourth-order valence-electron chi connectivity index (χ4n) is 3.56. The lowest BCUT2D eigenvalue weighted by molar-refractivity contribution is -0.0614. The second-order valence-corrected chi connectivity index (χ2v) is 7.07. The van der Waals surface area contributed by atoms with Crippen molar-refractivity contribution in [1.82, 2.24) is 14.9 Å². The first kappa shape index (κ1) is 15.2. The van der Waals surface area contributed by atoms with E-state index in [1.165, 1.54) is 5.01 Å². The van der Waals surface area contributed by atoms with E-state index in [1.807, 2.05) is 23.8 Å². The number of aromatic nitrogens is 2. The highest BCUT2D eigenvalue weighted by atomic mass is 32.1. The molecule has 5 nitrogen and oxygen atoms in total. The molecule has 2 fully saturated rings. The number of hydrogen-bond acceptors (Lipinski definition) is 6. The molecule has 0 radical (unpaired) electrons. The molecule has 0 unspecified atom stereocenters. The van der Waals surface area contributed by atoms with Crippen LogP contribution in [0.1, 0.15) is 23.4 Å². The van der Waals surface area contributed by atoms with Gasteiger partial charge in [-0.2, -0.15) is 0 Å². The molecule has 1 aliphatic heterocycles. The maximum absolute atomic E-state index is 6.26. The Morgan fingerprint density at radius 1 is 1.35 bits per heavy atom. The first-order chi connectivity index (χ1) is 11.4. The fourth-order valence-corrected chi connectivity index (χ4v) is 4.20. The number of ether oxygens (including phenoxy) is 2. The first-order valence-electron chi connectivity index (χ1n) is 8.15. The van der Waals surface area contributed by atoms with Gasteiger partial charge in [0, 0.05) is 36.6 Å². The summed E-state index contributed by atoms with van der Waals surface area (Å²) in [4.78, 5) is 11.1. The lowest BCUT2D eigenvalue weighted by atomic mass is 10.1. The number of fused-ring (bicyclic) bond motifs is 2. The molecule has 2 aliphatic rings. The topological polar surface area (TPSA) is 47.5 Å². The highest BCUT2D eigenvalue weighted by molar-refractivity contribution is 7.09. The molecular weight excluding hydrogens is 310 g/mol. The van der Waals surface area contributed by atoms with Crippen molar-refractivity contribution in [2.24, 2.45) is 0 Å². The Kier molecular flexibility index (Phi) is 4.66. The summed E-state index contributed by atoms with van der Waals surface area (Å²) in [6.45, 7) is 3.22. The molecule has 0 spiro atoms. The van der Waals surface area contributed by atoms with Gasteiger partial charge in [0.05, 0.1) is 32.0 Å². The van der Waals surface area contributed by atoms with Crippen LogP contribution >= 0.6 is 11.3 Å². The number of nitrogens with zero attached hydrogens (tertiary/aromatic N) is 3. The average molecular weight is 331 g/mol. The van der Waals surface area contributed by atoms with Gasteiger partial charge in [0.15, 0.2) is 0 Å². The molecule has 1 saturated heterocycles. The summed E-state index contributed by atoms with van der Waals surface area (Å²) in [5, 5.41) is 3.21. The molecular formula is C17H21N3O2S. The van der Waals surface area contributed by atoms with E-state index in [2.05, 4.69) is 20.9 Å². The lowest BCUT2D eigenvalue weighted by Crippen LogP contribution is -2.42. The van der Waals surface area contributed by atoms with E-state index in [0.717, 1.165) is 38.1 Å². The zero-order valence-electron chi connectivity index (χ0n) is 13.0. The molecule has 122 valence electrons. The molecule has 0 N–H and O–H groups in total. The molecule has 2 aromatic heterocycles. The zero-order valence-corrected chi connectivity index (χ0v) is 13.8. The molecule has 2 aromatic rings. The zero-order chi connectivity index (χ0) is 15.5. The lowest BCUT2D eigenvalue weighted by Gasteiger charge is -2.30. The molecule has 3 atom stereocenters. The number of pyridine rings is 1. The summed E-state index contributed by atoms with van der Waals surface area (Å²) in [5.41, 5.74) is 1.11. The van der Waals surface area contributed by atoms with Crippen molar-refractivity contribution in [3.05, 3.63) is 46.7 Å². The van der Waals surface area contributed by atoms with Crippen LogP contribution in [0.4, 0.5) is 0 Å². The average Bonchev–Trinajstić information content (AvgIpc) is 3.18. The highest BCUT2D eigenvalue weighted by Crippen LogP contribution is 2.33. The summed E-state index contributed by atoms with van der Waals surface area (Å²) in [7, 11) is 0.